The summed E-state index contributed by atoms with van der Waals surface area (Å²) >= 11 is 1.18. The SMILES string of the molecule is C#CCCCCN(C(=O)[C@H](C(=O)N[C@H]1CCCCN1C)[C@@H](C)CC)[C@H](C[C@@H](OC(C)=O)c1nc(NC(=O)[C@@H](Cc2ccc(F)cc2)CC(C)(C)C(=O)O)cs1)C(C)C. The Balaban J connectivity index is 1.94. The molecule has 0 radical (unpaired) electrons. The van der Waals surface area contributed by atoms with Gasteiger partial charge in [-0.25, -0.2) is 9.37 Å². The summed E-state index contributed by atoms with van der Waals surface area (Å²) in [7, 11) is 1.98. The summed E-state index contributed by atoms with van der Waals surface area (Å²) in [6.45, 7) is 13.5. The number of ether oxygens (including phenoxy) is 1. The van der Waals surface area contributed by atoms with Crippen molar-refractivity contribution in [1.29, 1.82) is 0 Å². The number of aliphatic carboxylic acids is 1. The highest BCUT2D eigenvalue weighted by Crippen LogP contribution is 2.34. The third kappa shape index (κ3) is 14.2. The minimum absolute atomic E-state index is 0.00685. The Bertz CT molecular complexity index is 1720. The number of carboxylic acids is 1. The smallest absolute Gasteiger partial charge is 0.309 e. The molecule has 58 heavy (non-hydrogen) atoms. The number of halogens is 1. The summed E-state index contributed by atoms with van der Waals surface area (Å²) in [5.74, 6) is -2.30. The van der Waals surface area contributed by atoms with Crippen LogP contribution >= 0.6 is 11.3 Å². The minimum Gasteiger partial charge on any atom is -0.481 e. The van der Waals surface area contributed by atoms with Crippen molar-refractivity contribution in [1.82, 2.24) is 20.1 Å². The first-order valence-electron chi connectivity index (χ1n) is 20.5. The van der Waals surface area contributed by atoms with Crippen LogP contribution in [0.4, 0.5) is 10.2 Å². The van der Waals surface area contributed by atoms with Gasteiger partial charge in [0.15, 0.2) is 6.10 Å². The highest BCUT2D eigenvalue weighted by molar-refractivity contribution is 7.10. The molecule has 1 aromatic heterocycles. The number of hydrogen-bond acceptors (Lipinski definition) is 9. The van der Waals surface area contributed by atoms with Gasteiger partial charge in [-0.2, -0.15) is 0 Å². The molecule has 0 aliphatic carbocycles. The van der Waals surface area contributed by atoms with Crippen molar-refractivity contribution < 1.29 is 38.2 Å². The summed E-state index contributed by atoms with van der Waals surface area (Å²) in [4.78, 5) is 75.8. The summed E-state index contributed by atoms with van der Waals surface area (Å²) < 4.78 is 19.5. The van der Waals surface area contributed by atoms with E-state index in [2.05, 4.69) is 26.4 Å². The predicted molar refractivity (Wildman–Crippen MR) is 224 cm³/mol. The van der Waals surface area contributed by atoms with Crippen LogP contribution in [0.15, 0.2) is 29.6 Å². The van der Waals surface area contributed by atoms with Crippen LogP contribution in [0, 0.1) is 47.2 Å². The van der Waals surface area contributed by atoms with Crippen molar-refractivity contribution in [3.05, 3.63) is 46.0 Å². The average molecular weight is 826 g/mol. The first-order chi connectivity index (χ1) is 27.4. The van der Waals surface area contributed by atoms with Crippen molar-refractivity contribution in [2.24, 2.45) is 29.1 Å². The van der Waals surface area contributed by atoms with Gasteiger partial charge in [0.2, 0.25) is 17.7 Å². The zero-order valence-corrected chi connectivity index (χ0v) is 36.3. The molecule has 3 rings (SSSR count). The Morgan fingerprint density at radius 1 is 1.12 bits per heavy atom. The van der Waals surface area contributed by atoms with Crippen LogP contribution in [-0.2, 0) is 35.1 Å². The zero-order valence-electron chi connectivity index (χ0n) is 35.5. The Labute approximate surface area is 348 Å². The highest BCUT2D eigenvalue weighted by Gasteiger charge is 2.41. The molecule has 1 saturated heterocycles. The second kappa shape index (κ2) is 22.7. The summed E-state index contributed by atoms with van der Waals surface area (Å²) in [5, 5.41) is 17.9. The van der Waals surface area contributed by atoms with Gasteiger partial charge in [-0.3, -0.25) is 28.9 Å². The number of carboxylic acid groups (broad SMARTS) is 1. The lowest BCUT2D eigenvalue weighted by Crippen LogP contribution is -2.56. The van der Waals surface area contributed by atoms with Crippen LogP contribution in [0.5, 0.6) is 0 Å². The molecule has 1 aliphatic rings. The van der Waals surface area contributed by atoms with E-state index in [1.54, 1.807) is 36.3 Å². The number of terminal acetylenes is 1. The average Bonchev–Trinajstić information content (AvgIpc) is 3.63. The number of esters is 1. The van der Waals surface area contributed by atoms with E-state index >= 15 is 0 Å². The molecule has 14 heteroatoms. The summed E-state index contributed by atoms with van der Waals surface area (Å²) in [6.07, 6.45) is 10.2. The highest BCUT2D eigenvalue weighted by atomic mass is 32.1. The third-order valence-corrected chi connectivity index (χ3v) is 12.1. The van der Waals surface area contributed by atoms with Crippen LogP contribution in [0.1, 0.15) is 123 Å². The number of thiazole rings is 1. The fourth-order valence-electron chi connectivity index (χ4n) is 7.45. The molecule has 1 fully saturated rings. The van der Waals surface area contributed by atoms with Crippen molar-refractivity contribution in [3.8, 4) is 12.3 Å². The number of rotatable bonds is 22. The number of hydrogen-bond donors (Lipinski definition) is 3. The molecule has 2 aromatic rings. The van der Waals surface area contributed by atoms with Gasteiger partial charge in [-0.05, 0) is 102 Å². The molecule has 3 amide bonds. The number of likely N-dealkylation sites (tertiary alicyclic amines) is 1. The van der Waals surface area contributed by atoms with E-state index in [1.165, 1.54) is 30.4 Å². The van der Waals surface area contributed by atoms with Crippen LogP contribution in [0.3, 0.4) is 0 Å². The predicted octanol–water partition coefficient (Wildman–Crippen LogP) is 7.45. The Morgan fingerprint density at radius 2 is 1.81 bits per heavy atom. The van der Waals surface area contributed by atoms with Gasteiger partial charge >= 0.3 is 11.9 Å². The maximum atomic E-state index is 14.8. The second-order valence-electron chi connectivity index (χ2n) is 16.7. The van der Waals surface area contributed by atoms with Crippen LogP contribution in [0.25, 0.3) is 0 Å². The molecule has 6 atom stereocenters. The van der Waals surface area contributed by atoms with Gasteiger partial charge in [0.25, 0.3) is 0 Å². The summed E-state index contributed by atoms with van der Waals surface area (Å²) in [6, 6.07) is 5.24. The second-order valence-corrected chi connectivity index (χ2v) is 17.6. The monoisotopic (exact) mass is 825 g/mol. The minimum atomic E-state index is -1.23. The van der Waals surface area contributed by atoms with Crippen molar-refractivity contribution in [2.75, 3.05) is 25.5 Å². The number of piperidine rings is 1. The lowest BCUT2D eigenvalue weighted by Gasteiger charge is -2.40. The number of benzene rings is 1. The first-order valence-corrected chi connectivity index (χ1v) is 21.4. The van der Waals surface area contributed by atoms with E-state index in [0.717, 1.165) is 25.8 Å². The maximum Gasteiger partial charge on any atom is 0.309 e. The molecular weight excluding hydrogens is 762 g/mol. The van der Waals surface area contributed by atoms with Gasteiger partial charge < -0.3 is 25.4 Å². The maximum absolute atomic E-state index is 14.8. The molecule has 0 bridgehead atoms. The Kier molecular flexibility index (Phi) is 18.8. The van der Waals surface area contributed by atoms with Gasteiger partial charge in [-0.1, -0.05) is 46.2 Å². The van der Waals surface area contributed by atoms with E-state index in [9.17, 15) is 33.5 Å². The lowest BCUT2D eigenvalue weighted by atomic mass is 9.80. The molecule has 1 aromatic carbocycles. The standard InChI is InChI=1S/C44H64FN5O7S/c1-10-12-13-15-23-50(42(54)38(29(5)11-2)40(53)48-37-17-14-16-22-49(37)9)34(28(3)4)25-35(57-30(6)51)41-47-36(27-58-41)46-39(52)32(26-44(7,8)43(55)56)24-31-18-20-33(45)21-19-31/h1,18-21,27-29,32,34-35,37-38H,11-17,22-26H2,2-9H3,(H,46,52)(H,48,53)(H,55,56)/t29-,32-,34+,35+,37+,38-/m0/s1. The first kappa shape index (κ1) is 48.0. The number of unbranched alkanes of at least 4 members (excludes halogenated alkanes) is 2. The number of amides is 3. The molecule has 12 nitrogen and oxygen atoms in total. The lowest BCUT2D eigenvalue weighted by molar-refractivity contribution is -0.151. The van der Waals surface area contributed by atoms with Crippen LogP contribution in [-0.4, -0.2) is 81.9 Å². The molecule has 0 spiro atoms. The number of aromatic nitrogens is 1. The van der Waals surface area contributed by atoms with Crippen LogP contribution < -0.4 is 10.6 Å². The zero-order chi connectivity index (χ0) is 43.2. The van der Waals surface area contributed by atoms with E-state index in [0.29, 0.717) is 42.8 Å². The van der Waals surface area contributed by atoms with Gasteiger partial charge in [0, 0.05) is 43.6 Å². The number of nitrogens with one attached hydrogen (secondary N) is 2. The number of carbonyl (C=O) groups excluding carboxylic acids is 4. The number of carbonyl (C=O) groups is 5. The molecule has 2 heterocycles. The van der Waals surface area contributed by atoms with E-state index in [4.69, 9.17) is 11.2 Å². The molecule has 0 unspecified atom stereocenters. The largest absolute Gasteiger partial charge is 0.481 e. The van der Waals surface area contributed by atoms with Crippen LogP contribution in [0.2, 0.25) is 0 Å². The molecule has 1 aliphatic heterocycles. The molecule has 0 saturated carbocycles. The molecular formula is C44H64FN5O7S. The number of anilines is 1. The normalized spacial score (nSPS) is 17.3. The van der Waals surface area contributed by atoms with Gasteiger partial charge in [0.1, 0.15) is 22.6 Å². The van der Waals surface area contributed by atoms with E-state index < -0.39 is 53.1 Å². The summed E-state index contributed by atoms with van der Waals surface area (Å²) in [5.41, 5.74) is -0.559. The van der Waals surface area contributed by atoms with Crippen molar-refractivity contribution >= 4 is 46.8 Å². The van der Waals surface area contributed by atoms with E-state index in [1.807, 2.05) is 34.7 Å². The fraction of sp³-hybridized carbons (Fsp3) is 0.636. The Hall–Kier alpha value is -4.35. The third-order valence-electron chi connectivity index (χ3n) is 11.2. The van der Waals surface area contributed by atoms with Crippen molar-refractivity contribution in [3.63, 3.8) is 0 Å². The molecule has 3 N–H and O–H groups in total. The van der Waals surface area contributed by atoms with Crippen molar-refractivity contribution in [2.45, 2.75) is 131 Å². The molecule has 320 valence electrons. The topological polar surface area (TPSA) is 158 Å². The Morgan fingerprint density at radius 3 is 2.40 bits per heavy atom. The quantitative estimate of drug-likeness (QED) is 0.0475. The fourth-order valence-corrected chi connectivity index (χ4v) is 8.24. The van der Waals surface area contributed by atoms with E-state index in [-0.39, 0.29) is 54.9 Å². The van der Waals surface area contributed by atoms with Gasteiger partial charge in [0.05, 0.1) is 11.6 Å². The van der Waals surface area contributed by atoms with Gasteiger partial charge in [-0.15, -0.1) is 23.7 Å². The number of nitrogens with zero attached hydrogens (tertiary/aromatic N) is 3.